The molecule has 3 nitrogen and oxygen atoms in total. The zero-order valence-corrected chi connectivity index (χ0v) is 11.7. The Morgan fingerprint density at radius 1 is 1.32 bits per heavy atom. The summed E-state index contributed by atoms with van der Waals surface area (Å²) in [6.45, 7) is 7.62. The van der Waals surface area contributed by atoms with Crippen molar-refractivity contribution >= 4 is 5.96 Å². The first-order valence-electron chi connectivity index (χ1n) is 6.32. The highest BCUT2D eigenvalue weighted by atomic mass is 19.1. The number of rotatable bonds is 2. The molecule has 0 spiro atoms. The highest BCUT2D eigenvalue weighted by molar-refractivity contribution is 5.81. The third-order valence-electron chi connectivity index (χ3n) is 3.67. The summed E-state index contributed by atoms with van der Waals surface area (Å²) in [7, 11) is 0. The smallest absolute Gasteiger partial charge is 0.192 e. The normalized spacial score (nSPS) is 23.1. The molecule has 5 heteroatoms. The van der Waals surface area contributed by atoms with E-state index in [0.717, 1.165) is 0 Å². The maximum Gasteiger partial charge on any atom is 0.192 e. The van der Waals surface area contributed by atoms with E-state index in [0.29, 0.717) is 23.6 Å². The Hall–Kier alpha value is -1.65. The number of aliphatic imine (C=N–C) groups is 1. The molecule has 1 atom stereocenters. The van der Waals surface area contributed by atoms with Gasteiger partial charge in [-0.1, -0.05) is 0 Å². The van der Waals surface area contributed by atoms with E-state index in [1.165, 1.54) is 12.1 Å². The Labute approximate surface area is 112 Å². The van der Waals surface area contributed by atoms with Gasteiger partial charge in [-0.15, -0.1) is 0 Å². The molecule has 1 heterocycles. The first kappa shape index (κ1) is 13.8. The molecule has 1 unspecified atom stereocenters. The van der Waals surface area contributed by atoms with Crippen molar-refractivity contribution in [2.24, 2.45) is 10.7 Å². The van der Waals surface area contributed by atoms with Crippen LogP contribution >= 0.6 is 0 Å². The summed E-state index contributed by atoms with van der Waals surface area (Å²) in [6.07, 6.45) is 0. The van der Waals surface area contributed by atoms with Crippen molar-refractivity contribution in [3.05, 3.63) is 34.9 Å². The second-order valence-corrected chi connectivity index (χ2v) is 5.49. The van der Waals surface area contributed by atoms with Gasteiger partial charge in [-0.3, -0.25) is 4.99 Å². The fraction of sp³-hybridized carbons (Fsp3) is 0.500. The molecule has 1 aliphatic heterocycles. The van der Waals surface area contributed by atoms with Gasteiger partial charge >= 0.3 is 0 Å². The van der Waals surface area contributed by atoms with Crippen LogP contribution in [-0.4, -0.2) is 23.4 Å². The molecule has 19 heavy (non-hydrogen) atoms. The van der Waals surface area contributed by atoms with Gasteiger partial charge in [0.15, 0.2) is 5.96 Å². The largest absolute Gasteiger partial charge is 0.370 e. The minimum absolute atomic E-state index is 0.0556. The molecule has 0 radical (unpaired) electrons. The van der Waals surface area contributed by atoms with E-state index < -0.39 is 17.2 Å². The lowest BCUT2D eigenvalue weighted by Crippen LogP contribution is -2.51. The number of nitrogens with two attached hydrogens (primary N) is 1. The monoisotopic (exact) mass is 267 g/mol. The van der Waals surface area contributed by atoms with Gasteiger partial charge in [0, 0.05) is 11.6 Å². The minimum Gasteiger partial charge on any atom is -0.370 e. The zero-order valence-electron chi connectivity index (χ0n) is 11.7. The van der Waals surface area contributed by atoms with Crippen LogP contribution in [0.4, 0.5) is 8.78 Å². The van der Waals surface area contributed by atoms with Gasteiger partial charge in [0.1, 0.15) is 11.6 Å². The number of benzene rings is 1. The molecule has 2 N–H and O–H groups in total. The second-order valence-electron chi connectivity index (χ2n) is 5.49. The van der Waals surface area contributed by atoms with E-state index in [1.54, 1.807) is 6.92 Å². The second kappa shape index (κ2) is 4.47. The lowest BCUT2D eigenvalue weighted by atomic mass is 9.88. The minimum atomic E-state index is -0.739. The van der Waals surface area contributed by atoms with Crippen LogP contribution in [0.5, 0.6) is 0 Å². The maximum absolute atomic E-state index is 14.2. The fourth-order valence-corrected chi connectivity index (χ4v) is 2.75. The summed E-state index contributed by atoms with van der Waals surface area (Å²) in [5, 5.41) is 0. The van der Waals surface area contributed by atoms with Gasteiger partial charge in [-0.05, 0) is 45.4 Å². The van der Waals surface area contributed by atoms with Gasteiger partial charge in [0.05, 0.1) is 12.1 Å². The van der Waals surface area contributed by atoms with Crippen molar-refractivity contribution in [3.8, 4) is 0 Å². The summed E-state index contributed by atoms with van der Waals surface area (Å²) in [5.74, 6) is -0.457. The average molecular weight is 267 g/mol. The van der Waals surface area contributed by atoms with Gasteiger partial charge in [0.25, 0.3) is 0 Å². The Bertz CT molecular complexity index is 540. The molecule has 104 valence electrons. The van der Waals surface area contributed by atoms with Crippen LogP contribution in [0, 0.1) is 18.6 Å². The molecule has 0 aromatic heterocycles. The summed E-state index contributed by atoms with van der Waals surface area (Å²) in [6, 6.07) is 2.54. The van der Waals surface area contributed by atoms with Crippen molar-refractivity contribution in [2.75, 3.05) is 6.54 Å². The van der Waals surface area contributed by atoms with E-state index in [2.05, 4.69) is 4.99 Å². The number of halogens is 2. The predicted molar refractivity (Wildman–Crippen MR) is 71.9 cm³/mol. The van der Waals surface area contributed by atoms with Crippen LogP contribution in [0.2, 0.25) is 0 Å². The Morgan fingerprint density at radius 3 is 2.53 bits per heavy atom. The highest BCUT2D eigenvalue weighted by Crippen LogP contribution is 2.36. The molecule has 0 aliphatic carbocycles. The molecule has 1 aromatic carbocycles. The van der Waals surface area contributed by atoms with Gasteiger partial charge in [-0.25, -0.2) is 8.78 Å². The summed E-state index contributed by atoms with van der Waals surface area (Å²) >= 11 is 0. The van der Waals surface area contributed by atoms with Crippen LogP contribution in [0.3, 0.4) is 0 Å². The average Bonchev–Trinajstić information content (AvgIpc) is 2.60. The SMILES string of the molecule is Cc1cc(F)c(C2(C)CN=C(N)N2C(C)C)cc1F. The van der Waals surface area contributed by atoms with Crippen LogP contribution in [0.25, 0.3) is 0 Å². The van der Waals surface area contributed by atoms with E-state index in [9.17, 15) is 8.78 Å². The Kier molecular flexibility index (Phi) is 3.24. The van der Waals surface area contributed by atoms with Crippen molar-refractivity contribution in [1.29, 1.82) is 0 Å². The van der Waals surface area contributed by atoms with Crippen LogP contribution in [0.1, 0.15) is 31.9 Å². The van der Waals surface area contributed by atoms with Crippen LogP contribution < -0.4 is 5.73 Å². The first-order valence-corrected chi connectivity index (χ1v) is 6.32. The molecule has 2 rings (SSSR count). The molecule has 0 saturated carbocycles. The molecule has 1 aliphatic rings. The van der Waals surface area contributed by atoms with Crippen molar-refractivity contribution < 1.29 is 8.78 Å². The molecular weight excluding hydrogens is 248 g/mol. The Balaban J connectivity index is 2.55. The summed E-state index contributed by atoms with van der Waals surface area (Å²) < 4.78 is 28.0. The molecule has 0 bridgehead atoms. The maximum atomic E-state index is 14.2. The molecular formula is C14H19F2N3. The van der Waals surface area contributed by atoms with Crippen molar-refractivity contribution in [2.45, 2.75) is 39.3 Å². The highest BCUT2D eigenvalue weighted by Gasteiger charge is 2.42. The fourth-order valence-electron chi connectivity index (χ4n) is 2.75. The topological polar surface area (TPSA) is 41.6 Å². The zero-order chi connectivity index (χ0) is 14.4. The lowest BCUT2D eigenvalue weighted by molar-refractivity contribution is 0.179. The number of aryl methyl sites for hydroxylation is 1. The van der Waals surface area contributed by atoms with Crippen LogP contribution in [-0.2, 0) is 5.54 Å². The number of nitrogens with zero attached hydrogens (tertiary/aromatic N) is 2. The Morgan fingerprint density at radius 2 is 1.95 bits per heavy atom. The number of hydrogen-bond acceptors (Lipinski definition) is 3. The predicted octanol–water partition coefficient (Wildman–Crippen LogP) is 2.53. The molecule has 0 saturated heterocycles. The molecule has 1 aromatic rings. The summed E-state index contributed by atoms with van der Waals surface area (Å²) in [4.78, 5) is 6.03. The third kappa shape index (κ3) is 2.07. The van der Waals surface area contributed by atoms with Crippen molar-refractivity contribution in [3.63, 3.8) is 0 Å². The molecule has 0 fully saturated rings. The quantitative estimate of drug-likeness (QED) is 0.894. The van der Waals surface area contributed by atoms with E-state index in [1.807, 2.05) is 25.7 Å². The van der Waals surface area contributed by atoms with E-state index in [-0.39, 0.29) is 6.04 Å². The van der Waals surface area contributed by atoms with Crippen LogP contribution in [0.15, 0.2) is 17.1 Å². The van der Waals surface area contributed by atoms with Gasteiger partial charge in [-0.2, -0.15) is 0 Å². The number of hydrogen-bond donors (Lipinski definition) is 1. The summed E-state index contributed by atoms with van der Waals surface area (Å²) in [5.41, 5.74) is 5.73. The number of guanidine groups is 1. The van der Waals surface area contributed by atoms with Gasteiger partial charge in [0.2, 0.25) is 0 Å². The van der Waals surface area contributed by atoms with E-state index >= 15 is 0 Å². The third-order valence-corrected chi connectivity index (χ3v) is 3.67. The molecule has 0 amide bonds. The van der Waals surface area contributed by atoms with Crippen molar-refractivity contribution in [1.82, 2.24) is 4.90 Å². The van der Waals surface area contributed by atoms with Gasteiger partial charge < -0.3 is 10.6 Å². The lowest BCUT2D eigenvalue weighted by Gasteiger charge is -2.39. The standard InChI is InChI=1S/C14H19F2N3/c1-8(2)19-13(17)18-7-14(19,4)10-6-11(15)9(3)5-12(10)16/h5-6,8H,7H2,1-4H3,(H2,17,18). The van der Waals surface area contributed by atoms with E-state index in [4.69, 9.17) is 5.73 Å². The first-order chi connectivity index (χ1) is 8.77.